The van der Waals surface area contributed by atoms with Gasteiger partial charge >= 0.3 is 8.25 Å². The molecule has 64 valence electrons. The van der Waals surface area contributed by atoms with Crippen molar-refractivity contribution in [3.05, 3.63) is 0 Å². The van der Waals surface area contributed by atoms with Crippen molar-refractivity contribution in [3.63, 3.8) is 0 Å². The minimum Gasteiger partial charge on any atom is -0.390 e. The Morgan fingerprint density at radius 2 is 2.27 bits per heavy atom. The van der Waals surface area contributed by atoms with Gasteiger partial charge in [0, 0.05) is 11.0 Å². The molecule has 0 amide bonds. The predicted octanol–water partition coefficient (Wildman–Crippen LogP) is -0.466. The van der Waals surface area contributed by atoms with Gasteiger partial charge in [0.15, 0.2) is 0 Å². The van der Waals surface area contributed by atoms with Crippen LogP contribution in [0.1, 0.15) is 6.42 Å². The molecule has 0 radical (unpaired) electrons. The molecule has 6 nitrogen and oxygen atoms in total. The van der Waals surface area contributed by atoms with Gasteiger partial charge in [0.25, 0.3) is 0 Å². The van der Waals surface area contributed by atoms with Gasteiger partial charge in [0.2, 0.25) is 0 Å². The molecule has 0 heterocycles. The summed E-state index contributed by atoms with van der Waals surface area (Å²) in [5.41, 5.74) is 0. The monoisotopic (exact) mass is 183 g/mol. The SMILES string of the molecule is O=CCC(O)COO[P+](=O)O. The minimum absolute atomic E-state index is 0.0917. The van der Waals surface area contributed by atoms with Crippen molar-refractivity contribution in [1.82, 2.24) is 0 Å². The molecule has 7 heteroatoms. The van der Waals surface area contributed by atoms with Crippen molar-refractivity contribution < 1.29 is 28.9 Å². The molecule has 2 unspecified atom stereocenters. The number of carbonyl (C=O) groups excluding carboxylic acids is 1. The molecular formula is C4H8O6P+. The van der Waals surface area contributed by atoms with E-state index in [0.29, 0.717) is 6.29 Å². The van der Waals surface area contributed by atoms with Crippen molar-refractivity contribution in [2.24, 2.45) is 0 Å². The lowest BCUT2D eigenvalue weighted by atomic mass is 10.3. The second kappa shape index (κ2) is 6.33. The largest absolute Gasteiger partial charge is 0.725 e. The smallest absolute Gasteiger partial charge is 0.390 e. The fourth-order valence-electron chi connectivity index (χ4n) is 0.333. The Hall–Kier alpha value is -0.390. The molecule has 0 aliphatic carbocycles. The molecule has 0 aliphatic heterocycles. The zero-order valence-corrected chi connectivity index (χ0v) is 6.44. The fourth-order valence-corrected chi connectivity index (χ4v) is 0.484. The van der Waals surface area contributed by atoms with Crippen LogP contribution in [0.15, 0.2) is 0 Å². The third-order valence-electron chi connectivity index (χ3n) is 0.745. The summed E-state index contributed by atoms with van der Waals surface area (Å²) in [6.07, 6.45) is -0.582. The second-order valence-corrected chi connectivity index (χ2v) is 2.28. The van der Waals surface area contributed by atoms with Gasteiger partial charge in [0.05, 0.1) is 10.8 Å². The van der Waals surface area contributed by atoms with E-state index < -0.39 is 14.4 Å². The van der Waals surface area contributed by atoms with E-state index in [0.717, 1.165) is 0 Å². The number of aliphatic hydroxyl groups is 1. The molecule has 0 bridgehead atoms. The van der Waals surface area contributed by atoms with Crippen molar-refractivity contribution in [2.45, 2.75) is 12.5 Å². The zero-order chi connectivity index (χ0) is 8.69. The average molecular weight is 183 g/mol. The van der Waals surface area contributed by atoms with Crippen LogP contribution in [0.5, 0.6) is 0 Å². The summed E-state index contributed by atoms with van der Waals surface area (Å²) in [4.78, 5) is 21.8. The first-order chi connectivity index (χ1) is 5.16. The third kappa shape index (κ3) is 7.51. The van der Waals surface area contributed by atoms with Crippen LogP contribution < -0.4 is 0 Å². The van der Waals surface area contributed by atoms with Gasteiger partial charge in [0.1, 0.15) is 12.9 Å². The number of carbonyl (C=O) groups is 1. The number of aliphatic hydroxyl groups excluding tert-OH is 1. The summed E-state index contributed by atoms with van der Waals surface area (Å²) in [6.45, 7) is -0.305. The quantitative estimate of drug-likeness (QED) is 0.250. The Balaban J connectivity index is 3.23. The van der Waals surface area contributed by atoms with Gasteiger partial charge in [-0.15, -0.1) is 4.89 Å². The van der Waals surface area contributed by atoms with E-state index in [1.54, 1.807) is 0 Å². The van der Waals surface area contributed by atoms with Crippen LogP contribution in [0, 0.1) is 0 Å². The molecule has 0 aromatic heterocycles. The molecule has 0 aliphatic rings. The lowest BCUT2D eigenvalue weighted by molar-refractivity contribution is -0.224. The zero-order valence-electron chi connectivity index (χ0n) is 5.54. The van der Waals surface area contributed by atoms with Gasteiger partial charge in [-0.1, -0.05) is 0 Å². The van der Waals surface area contributed by atoms with Crippen LogP contribution in [0.4, 0.5) is 0 Å². The summed E-state index contributed by atoms with van der Waals surface area (Å²) in [7, 11) is -2.81. The van der Waals surface area contributed by atoms with E-state index in [1.807, 2.05) is 0 Å². The van der Waals surface area contributed by atoms with E-state index in [2.05, 4.69) is 9.56 Å². The first-order valence-electron chi connectivity index (χ1n) is 2.74. The Kier molecular flexibility index (Phi) is 6.10. The second-order valence-electron chi connectivity index (χ2n) is 1.65. The van der Waals surface area contributed by atoms with Gasteiger partial charge in [-0.2, -0.15) is 4.89 Å². The maximum atomic E-state index is 9.79. The highest BCUT2D eigenvalue weighted by molar-refractivity contribution is 7.31. The molecule has 0 saturated carbocycles. The maximum Gasteiger partial charge on any atom is 0.725 e. The fraction of sp³-hybridized carbons (Fsp3) is 0.750. The number of rotatable bonds is 6. The average Bonchev–Trinajstić information content (AvgIpc) is 1.87. The van der Waals surface area contributed by atoms with Crippen LogP contribution in [-0.2, 0) is 18.9 Å². The maximum absolute atomic E-state index is 9.79. The standard InChI is InChI=1S/C4H7O6P/c5-2-1-4(6)3-9-10-11(7)8/h2,4,6H,1,3H2/p+1. The first kappa shape index (κ1) is 10.6. The van der Waals surface area contributed by atoms with Gasteiger partial charge < -0.3 is 9.90 Å². The van der Waals surface area contributed by atoms with Crippen LogP contribution in [0.2, 0.25) is 0 Å². The van der Waals surface area contributed by atoms with E-state index >= 15 is 0 Å². The molecule has 11 heavy (non-hydrogen) atoms. The molecule has 2 N–H and O–H groups in total. The van der Waals surface area contributed by atoms with Crippen molar-refractivity contribution >= 4 is 14.5 Å². The van der Waals surface area contributed by atoms with Gasteiger partial charge in [-0.25, -0.2) is 0 Å². The lowest BCUT2D eigenvalue weighted by Gasteiger charge is -2.00. The minimum atomic E-state index is -2.81. The van der Waals surface area contributed by atoms with Crippen LogP contribution in [0.3, 0.4) is 0 Å². The Morgan fingerprint density at radius 1 is 1.64 bits per heavy atom. The summed E-state index contributed by atoms with van der Waals surface area (Å²) < 4.78 is 13.5. The number of hydrogen-bond acceptors (Lipinski definition) is 5. The van der Waals surface area contributed by atoms with Crippen molar-refractivity contribution in [2.75, 3.05) is 6.61 Å². The van der Waals surface area contributed by atoms with E-state index in [1.165, 1.54) is 0 Å². The third-order valence-corrected chi connectivity index (χ3v) is 0.978. The Bertz CT molecular complexity index is 137. The van der Waals surface area contributed by atoms with Crippen LogP contribution in [-0.4, -0.2) is 29.0 Å². The molecule has 0 aromatic rings. The highest BCUT2D eigenvalue weighted by Crippen LogP contribution is 2.14. The van der Waals surface area contributed by atoms with E-state index in [4.69, 9.17) is 10.00 Å². The van der Waals surface area contributed by atoms with Crippen molar-refractivity contribution in [1.29, 1.82) is 0 Å². The predicted molar refractivity (Wildman–Crippen MR) is 33.6 cm³/mol. The Morgan fingerprint density at radius 3 is 2.73 bits per heavy atom. The highest BCUT2D eigenvalue weighted by Gasteiger charge is 2.15. The summed E-state index contributed by atoms with van der Waals surface area (Å²) in [5, 5.41) is 8.75. The summed E-state index contributed by atoms with van der Waals surface area (Å²) in [5.74, 6) is 0. The summed E-state index contributed by atoms with van der Waals surface area (Å²) >= 11 is 0. The first-order valence-corrected chi connectivity index (χ1v) is 3.87. The topological polar surface area (TPSA) is 93.1 Å². The highest BCUT2D eigenvalue weighted by atomic mass is 31.1. The molecular weight excluding hydrogens is 175 g/mol. The molecule has 0 spiro atoms. The number of aldehydes is 1. The van der Waals surface area contributed by atoms with Gasteiger partial charge in [-0.05, 0) is 0 Å². The molecule has 0 saturated heterocycles. The normalized spacial score (nSPS) is 14.2. The van der Waals surface area contributed by atoms with E-state index in [-0.39, 0.29) is 13.0 Å². The molecule has 0 aromatic carbocycles. The van der Waals surface area contributed by atoms with Crippen LogP contribution in [0.25, 0.3) is 0 Å². The Labute approximate surface area is 63.6 Å². The van der Waals surface area contributed by atoms with Gasteiger partial charge in [-0.3, -0.25) is 0 Å². The molecule has 0 rings (SSSR count). The van der Waals surface area contributed by atoms with E-state index in [9.17, 15) is 9.36 Å². The summed E-state index contributed by atoms with van der Waals surface area (Å²) in [6, 6.07) is 0. The van der Waals surface area contributed by atoms with Crippen LogP contribution >= 0.6 is 8.25 Å². The lowest BCUT2D eigenvalue weighted by Crippen LogP contribution is -2.14. The number of hydrogen-bond donors (Lipinski definition) is 2. The molecule has 0 fully saturated rings. The van der Waals surface area contributed by atoms with Crippen molar-refractivity contribution in [3.8, 4) is 0 Å². The molecule has 2 atom stereocenters.